The van der Waals surface area contributed by atoms with Gasteiger partial charge in [0.15, 0.2) is 5.78 Å². The predicted octanol–water partition coefficient (Wildman–Crippen LogP) is 8.89. The van der Waals surface area contributed by atoms with Gasteiger partial charge >= 0.3 is 18.4 Å². The van der Waals surface area contributed by atoms with Gasteiger partial charge in [0.05, 0.1) is 18.7 Å². The first-order valence-corrected chi connectivity index (χ1v) is 13.2. The number of hydrogen-bond donors (Lipinski definition) is 2. The summed E-state index contributed by atoms with van der Waals surface area (Å²) >= 11 is 0. The van der Waals surface area contributed by atoms with Crippen LogP contribution in [-0.2, 0) is 6.42 Å². The lowest BCUT2D eigenvalue weighted by Crippen LogP contribution is -2.21. The molecule has 0 atom stereocenters. The highest BCUT2D eigenvalue weighted by Gasteiger charge is 2.32. The third-order valence-electron chi connectivity index (χ3n) is 6.45. The van der Waals surface area contributed by atoms with Crippen molar-refractivity contribution in [3.05, 3.63) is 89.5 Å². The summed E-state index contributed by atoms with van der Waals surface area (Å²) in [7, 11) is 0. The lowest BCUT2D eigenvalue weighted by atomic mass is 9.93. The number of carbonyl (C=O) groups excluding carboxylic acids is 2. The SMILES string of the molecule is Cc1ccc(NC(=O)Nc2cc(-c3ccccc3C(=O)C3CC3)cc(C/C=C/C(F)(F)F)c2OCCC(F)(F)F)cc1. The lowest BCUT2D eigenvalue weighted by Gasteiger charge is -2.20. The van der Waals surface area contributed by atoms with E-state index in [9.17, 15) is 35.9 Å². The third-order valence-corrected chi connectivity index (χ3v) is 6.45. The van der Waals surface area contributed by atoms with Crippen molar-refractivity contribution in [1.29, 1.82) is 0 Å². The van der Waals surface area contributed by atoms with Crippen molar-refractivity contribution in [2.75, 3.05) is 17.2 Å². The smallest absolute Gasteiger partial charge is 0.409 e. The molecule has 3 aromatic carbocycles. The summed E-state index contributed by atoms with van der Waals surface area (Å²) in [6.45, 7) is 1.03. The fourth-order valence-electron chi connectivity index (χ4n) is 4.28. The van der Waals surface area contributed by atoms with E-state index >= 15 is 0 Å². The van der Waals surface area contributed by atoms with Crippen molar-refractivity contribution >= 4 is 23.2 Å². The molecule has 2 amide bonds. The number of halogens is 6. The second-order valence-electron chi connectivity index (χ2n) is 10.0. The molecule has 0 saturated heterocycles. The van der Waals surface area contributed by atoms with Crippen LogP contribution in [0.25, 0.3) is 11.1 Å². The summed E-state index contributed by atoms with van der Waals surface area (Å²) < 4.78 is 82.9. The number of carbonyl (C=O) groups is 2. The number of rotatable bonds is 10. The van der Waals surface area contributed by atoms with Crippen molar-refractivity contribution in [2.24, 2.45) is 5.92 Å². The Bertz CT molecular complexity index is 1460. The van der Waals surface area contributed by atoms with Crippen LogP contribution in [0.1, 0.15) is 40.7 Å². The molecule has 0 spiro atoms. The number of urea groups is 1. The van der Waals surface area contributed by atoms with Gasteiger partial charge in [-0.2, -0.15) is 26.3 Å². The molecule has 4 rings (SSSR count). The van der Waals surface area contributed by atoms with Crippen molar-refractivity contribution in [3.8, 4) is 16.9 Å². The molecule has 0 heterocycles. The molecule has 0 aliphatic heterocycles. The monoisotopic (exact) mass is 590 g/mol. The fourth-order valence-corrected chi connectivity index (χ4v) is 4.28. The first-order chi connectivity index (χ1) is 19.8. The molecule has 1 aliphatic carbocycles. The number of benzene rings is 3. The molecule has 1 saturated carbocycles. The van der Waals surface area contributed by atoms with Gasteiger partial charge in [0.1, 0.15) is 5.75 Å². The maximum absolute atomic E-state index is 13.0. The molecule has 0 unspecified atom stereocenters. The average molecular weight is 591 g/mol. The van der Waals surface area contributed by atoms with E-state index in [2.05, 4.69) is 10.6 Å². The van der Waals surface area contributed by atoms with Crippen LogP contribution in [0, 0.1) is 12.8 Å². The highest BCUT2D eigenvalue weighted by molar-refractivity contribution is 6.06. The molecule has 222 valence electrons. The molecule has 0 aromatic heterocycles. The topological polar surface area (TPSA) is 67.4 Å². The van der Waals surface area contributed by atoms with E-state index in [1.54, 1.807) is 48.5 Å². The molecule has 11 heteroatoms. The van der Waals surface area contributed by atoms with Crippen molar-refractivity contribution in [1.82, 2.24) is 0 Å². The predicted molar refractivity (Wildman–Crippen MR) is 148 cm³/mol. The van der Waals surface area contributed by atoms with Gasteiger partial charge < -0.3 is 15.4 Å². The first kappa shape index (κ1) is 30.7. The Morgan fingerprint density at radius 1 is 0.952 bits per heavy atom. The number of anilines is 2. The molecule has 1 aliphatic rings. The Balaban J connectivity index is 1.78. The van der Waals surface area contributed by atoms with E-state index in [4.69, 9.17) is 4.74 Å². The van der Waals surface area contributed by atoms with Crippen LogP contribution in [0.3, 0.4) is 0 Å². The molecule has 0 bridgehead atoms. The van der Waals surface area contributed by atoms with Crippen LogP contribution in [0.15, 0.2) is 72.8 Å². The third kappa shape index (κ3) is 8.86. The Hall–Kier alpha value is -4.28. The van der Waals surface area contributed by atoms with Crippen LogP contribution in [0.5, 0.6) is 5.75 Å². The number of ether oxygens (including phenoxy) is 1. The van der Waals surface area contributed by atoms with E-state index in [-0.39, 0.29) is 41.2 Å². The normalized spacial score (nSPS) is 13.7. The zero-order valence-corrected chi connectivity index (χ0v) is 22.5. The number of aryl methyl sites for hydroxylation is 1. The summed E-state index contributed by atoms with van der Waals surface area (Å²) in [5.41, 5.74) is 2.66. The van der Waals surface area contributed by atoms with E-state index < -0.39 is 31.4 Å². The van der Waals surface area contributed by atoms with Gasteiger partial charge in [-0.3, -0.25) is 4.79 Å². The van der Waals surface area contributed by atoms with Crippen LogP contribution < -0.4 is 15.4 Å². The van der Waals surface area contributed by atoms with Gasteiger partial charge in [-0.05, 0) is 61.6 Å². The molecule has 0 radical (unpaired) electrons. The van der Waals surface area contributed by atoms with E-state index in [1.807, 2.05) is 6.92 Å². The van der Waals surface area contributed by atoms with Gasteiger partial charge in [0, 0.05) is 28.8 Å². The van der Waals surface area contributed by atoms with Gasteiger partial charge in [-0.1, -0.05) is 48.0 Å². The summed E-state index contributed by atoms with van der Waals surface area (Å²) in [5, 5.41) is 5.19. The standard InChI is InChI=1S/C31H28F6N2O3/c1-19-8-12-23(13-9-19)38-29(41)39-26-18-22(24-6-2-3-7-25(24)27(40)20-10-11-20)17-21(5-4-14-30(32,33)34)28(26)42-16-15-31(35,36)37/h2-4,6-9,12-14,17-18,20H,5,10-11,15-16H2,1H3,(H2,38,39,41)/b14-4+. The molecule has 3 aromatic rings. The highest BCUT2D eigenvalue weighted by Crippen LogP contribution is 2.40. The van der Waals surface area contributed by atoms with Crippen LogP contribution in [0.4, 0.5) is 42.5 Å². The Morgan fingerprint density at radius 2 is 1.64 bits per heavy atom. The summed E-state index contributed by atoms with van der Waals surface area (Å²) in [6.07, 6.45) is -8.53. The Morgan fingerprint density at radius 3 is 2.29 bits per heavy atom. The van der Waals surface area contributed by atoms with Gasteiger partial charge in [-0.15, -0.1) is 0 Å². The van der Waals surface area contributed by atoms with E-state index in [0.29, 0.717) is 22.4 Å². The molecule has 2 N–H and O–H groups in total. The number of allylic oxidation sites excluding steroid dienone is 2. The number of hydrogen-bond acceptors (Lipinski definition) is 3. The molecule has 5 nitrogen and oxygen atoms in total. The lowest BCUT2D eigenvalue weighted by molar-refractivity contribution is -0.139. The highest BCUT2D eigenvalue weighted by atomic mass is 19.4. The van der Waals surface area contributed by atoms with Gasteiger partial charge in [-0.25, -0.2) is 4.79 Å². The summed E-state index contributed by atoms with van der Waals surface area (Å²) in [6, 6.07) is 15.7. The molecular weight excluding hydrogens is 562 g/mol. The van der Waals surface area contributed by atoms with Crippen molar-refractivity contribution < 1.29 is 40.7 Å². The maximum atomic E-state index is 13.0. The fraction of sp³-hybridized carbons (Fsp3) is 0.290. The minimum absolute atomic E-state index is 0.0148. The van der Waals surface area contributed by atoms with Crippen LogP contribution in [0.2, 0.25) is 0 Å². The molecule has 1 fully saturated rings. The molecule has 42 heavy (non-hydrogen) atoms. The van der Waals surface area contributed by atoms with Gasteiger partial charge in [0.2, 0.25) is 0 Å². The zero-order chi connectivity index (χ0) is 30.5. The quantitative estimate of drug-likeness (QED) is 0.141. The summed E-state index contributed by atoms with van der Waals surface area (Å²) in [5.74, 6) is -0.413. The number of ketones is 1. The zero-order valence-electron chi connectivity index (χ0n) is 22.5. The second-order valence-corrected chi connectivity index (χ2v) is 10.0. The van der Waals surface area contributed by atoms with E-state index in [0.717, 1.165) is 24.5 Å². The second kappa shape index (κ2) is 12.7. The minimum atomic E-state index is -4.62. The molecular formula is C31H28F6N2O3. The average Bonchev–Trinajstić information content (AvgIpc) is 3.75. The largest absolute Gasteiger partial charge is 0.491 e. The van der Waals surface area contributed by atoms with Crippen molar-refractivity contribution in [3.63, 3.8) is 0 Å². The van der Waals surface area contributed by atoms with Crippen molar-refractivity contribution in [2.45, 2.75) is 45.0 Å². The first-order valence-electron chi connectivity index (χ1n) is 13.2. The number of alkyl halides is 6. The van der Waals surface area contributed by atoms with Crippen LogP contribution in [-0.4, -0.2) is 30.8 Å². The van der Waals surface area contributed by atoms with Gasteiger partial charge in [0.25, 0.3) is 0 Å². The number of nitrogens with one attached hydrogen (secondary N) is 2. The summed E-state index contributed by atoms with van der Waals surface area (Å²) in [4.78, 5) is 26.0. The van der Waals surface area contributed by atoms with Crippen LogP contribution >= 0.6 is 0 Å². The van der Waals surface area contributed by atoms with E-state index in [1.165, 1.54) is 12.1 Å². The maximum Gasteiger partial charge on any atom is 0.409 e. The Labute approximate surface area is 238 Å². The number of amides is 2. The Kier molecular flexibility index (Phi) is 9.28. The minimum Gasteiger partial charge on any atom is -0.491 e. The number of Topliss-reactive ketones (excluding diaryl/α,β-unsaturated/α-hetero) is 1.